The minimum Gasteiger partial charge on any atom is -0.455 e. The zero-order valence-corrected chi connectivity index (χ0v) is 15.2. The number of benzene rings is 1. The fourth-order valence-corrected chi connectivity index (χ4v) is 2.95. The van der Waals surface area contributed by atoms with Gasteiger partial charge in [-0.15, -0.1) is 0 Å². The Morgan fingerprint density at radius 2 is 2.04 bits per heavy atom. The van der Waals surface area contributed by atoms with Crippen molar-refractivity contribution in [1.82, 2.24) is 10.3 Å². The molecule has 9 heteroatoms. The Bertz CT molecular complexity index is 935. The van der Waals surface area contributed by atoms with Gasteiger partial charge in [0.2, 0.25) is 5.56 Å². The van der Waals surface area contributed by atoms with Gasteiger partial charge in [0.1, 0.15) is 11.9 Å². The number of ether oxygens (including phenoxy) is 1. The first kappa shape index (κ1) is 20.2. The first-order valence-electron chi connectivity index (χ1n) is 7.82. The molecular formula is C18H16FN3O4S. The summed E-state index contributed by atoms with van der Waals surface area (Å²) in [4.78, 5) is 37.4. The van der Waals surface area contributed by atoms with Crippen LogP contribution >= 0.6 is 11.8 Å². The molecular weight excluding hydrogens is 373 g/mol. The lowest BCUT2D eigenvalue weighted by molar-refractivity contribution is -0.145. The summed E-state index contributed by atoms with van der Waals surface area (Å²) in [6.07, 6.45) is 0. The van der Waals surface area contributed by atoms with E-state index in [9.17, 15) is 18.8 Å². The molecule has 1 aromatic heterocycles. The molecule has 0 aliphatic rings. The van der Waals surface area contributed by atoms with Crippen molar-refractivity contribution in [2.75, 3.05) is 12.4 Å². The molecule has 0 saturated carbocycles. The highest BCUT2D eigenvalue weighted by atomic mass is 32.2. The van der Waals surface area contributed by atoms with Crippen LogP contribution in [0.5, 0.6) is 0 Å². The first-order chi connectivity index (χ1) is 12.9. The number of nitriles is 1. The van der Waals surface area contributed by atoms with E-state index >= 15 is 0 Å². The van der Waals surface area contributed by atoms with Crippen molar-refractivity contribution in [2.24, 2.45) is 0 Å². The number of aromatic amines is 1. The maximum Gasteiger partial charge on any atom is 0.316 e. The van der Waals surface area contributed by atoms with Crippen molar-refractivity contribution in [3.05, 3.63) is 63.2 Å². The number of rotatable bonds is 7. The lowest BCUT2D eigenvalue weighted by atomic mass is 10.2. The molecule has 0 atom stereocenters. The predicted molar refractivity (Wildman–Crippen MR) is 96.4 cm³/mol. The molecule has 0 aliphatic carbocycles. The zero-order chi connectivity index (χ0) is 19.8. The van der Waals surface area contributed by atoms with Crippen LogP contribution in [0.15, 0.2) is 40.2 Å². The van der Waals surface area contributed by atoms with E-state index < -0.39 is 18.5 Å². The lowest BCUT2D eigenvalue weighted by Crippen LogP contribution is -2.28. The van der Waals surface area contributed by atoms with Crippen molar-refractivity contribution in [1.29, 1.82) is 5.26 Å². The summed E-state index contributed by atoms with van der Waals surface area (Å²) in [6.45, 7) is 1.35. The van der Waals surface area contributed by atoms with Gasteiger partial charge >= 0.3 is 5.97 Å². The molecule has 1 aromatic carbocycles. The summed E-state index contributed by atoms with van der Waals surface area (Å²) in [6, 6.07) is 8.90. The highest BCUT2D eigenvalue weighted by Crippen LogP contribution is 2.20. The van der Waals surface area contributed by atoms with Gasteiger partial charge in [-0.1, -0.05) is 23.9 Å². The van der Waals surface area contributed by atoms with Gasteiger partial charge in [0.15, 0.2) is 6.61 Å². The van der Waals surface area contributed by atoms with Crippen molar-refractivity contribution in [2.45, 2.75) is 18.5 Å². The smallest absolute Gasteiger partial charge is 0.316 e. The highest BCUT2D eigenvalue weighted by molar-refractivity contribution is 7.99. The van der Waals surface area contributed by atoms with E-state index in [4.69, 9.17) is 10.00 Å². The van der Waals surface area contributed by atoms with Gasteiger partial charge < -0.3 is 15.0 Å². The maximum atomic E-state index is 12.8. The van der Waals surface area contributed by atoms with E-state index in [-0.39, 0.29) is 34.3 Å². The van der Waals surface area contributed by atoms with E-state index in [1.54, 1.807) is 6.92 Å². The first-order valence-corrected chi connectivity index (χ1v) is 8.81. The number of thioether (sulfide) groups is 1. The molecule has 140 valence electrons. The number of hydrogen-bond donors (Lipinski definition) is 2. The van der Waals surface area contributed by atoms with Crippen LogP contribution in [-0.2, 0) is 20.9 Å². The second-order valence-corrected chi connectivity index (χ2v) is 6.47. The number of aromatic nitrogens is 1. The Kier molecular flexibility index (Phi) is 7.14. The van der Waals surface area contributed by atoms with Gasteiger partial charge in [0, 0.05) is 12.6 Å². The zero-order valence-electron chi connectivity index (χ0n) is 14.4. The molecule has 2 N–H and O–H groups in total. The molecule has 0 radical (unpaired) electrons. The number of hydrogen-bond acceptors (Lipinski definition) is 6. The average Bonchev–Trinajstić information content (AvgIpc) is 2.63. The number of halogens is 1. The van der Waals surface area contributed by atoms with E-state index in [1.807, 2.05) is 6.07 Å². The summed E-state index contributed by atoms with van der Waals surface area (Å²) < 4.78 is 17.7. The van der Waals surface area contributed by atoms with Crippen LogP contribution < -0.4 is 10.9 Å². The summed E-state index contributed by atoms with van der Waals surface area (Å²) in [5.41, 5.74) is 1.13. The Morgan fingerprint density at radius 3 is 2.70 bits per heavy atom. The Labute approximate surface area is 158 Å². The Balaban J connectivity index is 1.78. The average molecular weight is 389 g/mol. The molecule has 2 rings (SSSR count). The number of pyridine rings is 1. The molecule has 0 spiro atoms. The van der Waals surface area contributed by atoms with Gasteiger partial charge in [0.25, 0.3) is 5.91 Å². The van der Waals surface area contributed by atoms with Gasteiger partial charge in [-0.3, -0.25) is 14.4 Å². The minimum absolute atomic E-state index is 0.167. The van der Waals surface area contributed by atoms with E-state index in [1.165, 1.54) is 30.3 Å². The number of amides is 1. The molecule has 0 fully saturated rings. The third-order valence-electron chi connectivity index (χ3n) is 3.42. The summed E-state index contributed by atoms with van der Waals surface area (Å²) >= 11 is 0.951. The fourth-order valence-electron chi connectivity index (χ4n) is 2.08. The van der Waals surface area contributed by atoms with Crippen LogP contribution in [0.25, 0.3) is 0 Å². The van der Waals surface area contributed by atoms with Crippen LogP contribution in [0, 0.1) is 24.1 Å². The molecule has 0 aliphatic heterocycles. The summed E-state index contributed by atoms with van der Waals surface area (Å²) in [7, 11) is 0. The number of nitrogens with one attached hydrogen (secondary N) is 2. The fraction of sp³-hybridized carbons (Fsp3) is 0.222. The molecule has 1 heterocycles. The Hall–Kier alpha value is -3.12. The second-order valence-electron chi connectivity index (χ2n) is 5.49. The van der Waals surface area contributed by atoms with Gasteiger partial charge in [0.05, 0.1) is 16.3 Å². The monoisotopic (exact) mass is 389 g/mol. The van der Waals surface area contributed by atoms with Crippen LogP contribution in [0.2, 0.25) is 0 Å². The SMILES string of the molecule is Cc1cc(=O)[nH]c(SCC(=O)OCC(=O)NCc2ccc(F)cc2)c1C#N. The molecule has 0 unspecified atom stereocenters. The van der Waals surface area contributed by atoms with Gasteiger partial charge in [-0.25, -0.2) is 4.39 Å². The van der Waals surface area contributed by atoms with Gasteiger partial charge in [-0.05, 0) is 30.2 Å². The highest BCUT2D eigenvalue weighted by Gasteiger charge is 2.12. The maximum absolute atomic E-state index is 12.8. The topological polar surface area (TPSA) is 112 Å². The van der Waals surface area contributed by atoms with E-state index in [0.717, 1.165) is 11.8 Å². The van der Waals surface area contributed by atoms with Crippen LogP contribution in [0.3, 0.4) is 0 Å². The minimum atomic E-state index is -0.664. The lowest BCUT2D eigenvalue weighted by Gasteiger charge is -2.08. The van der Waals surface area contributed by atoms with Crippen molar-refractivity contribution in [3.63, 3.8) is 0 Å². The number of H-pyrrole nitrogens is 1. The number of carbonyl (C=O) groups excluding carboxylic acids is 2. The quantitative estimate of drug-likeness (QED) is 0.550. The molecule has 0 bridgehead atoms. The normalized spacial score (nSPS) is 10.1. The van der Waals surface area contributed by atoms with Crippen LogP contribution in [0.4, 0.5) is 4.39 Å². The largest absolute Gasteiger partial charge is 0.455 e. The second kappa shape index (κ2) is 9.54. The number of nitrogens with zero attached hydrogens (tertiary/aromatic N) is 1. The molecule has 1 amide bonds. The third kappa shape index (κ3) is 6.27. The molecule has 7 nitrogen and oxygen atoms in total. The van der Waals surface area contributed by atoms with Crippen molar-refractivity contribution < 1.29 is 18.7 Å². The third-order valence-corrected chi connectivity index (χ3v) is 4.39. The predicted octanol–water partition coefficient (Wildman–Crippen LogP) is 1.65. The number of carbonyl (C=O) groups is 2. The van der Waals surface area contributed by atoms with Crippen LogP contribution in [-0.4, -0.2) is 29.2 Å². The number of aryl methyl sites for hydroxylation is 1. The van der Waals surface area contributed by atoms with E-state index in [0.29, 0.717) is 11.1 Å². The standard InChI is InChI=1S/C18H16FN3O4S/c1-11-6-15(23)22-18(14(11)7-20)27-10-17(25)26-9-16(24)21-8-12-2-4-13(19)5-3-12/h2-6H,8-10H2,1H3,(H,21,24)(H,22,23). The molecule has 27 heavy (non-hydrogen) atoms. The summed E-state index contributed by atoms with van der Waals surface area (Å²) in [5.74, 6) is -1.70. The molecule has 0 saturated heterocycles. The summed E-state index contributed by atoms with van der Waals surface area (Å²) in [5, 5.41) is 11.9. The van der Waals surface area contributed by atoms with Crippen molar-refractivity contribution in [3.8, 4) is 6.07 Å². The van der Waals surface area contributed by atoms with E-state index in [2.05, 4.69) is 10.3 Å². The number of esters is 1. The van der Waals surface area contributed by atoms with Gasteiger partial charge in [-0.2, -0.15) is 5.26 Å². The van der Waals surface area contributed by atoms with Crippen molar-refractivity contribution >= 4 is 23.6 Å². The molecule has 2 aromatic rings. The Morgan fingerprint density at radius 1 is 1.33 bits per heavy atom. The van der Waals surface area contributed by atoms with Crippen LogP contribution in [0.1, 0.15) is 16.7 Å².